The van der Waals surface area contributed by atoms with Crippen molar-refractivity contribution in [1.82, 2.24) is 47.4 Å². The Morgan fingerprint density at radius 1 is 0.570 bits per heavy atom. The average molecular weight is 1220 g/mol. The summed E-state index contributed by atoms with van der Waals surface area (Å²) >= 11 is 0. The first-order valence-electron chi connectivity index (χ1n) is 28.4. The molecule has 1 fully saturated rings. The number of nitrogens with one attached hydrogen (secondary N) is 8. The van der Waals surface area contributed by atoms with Gasteiger partial charge in [-0.05, 0) is 88.7 Å². The topological polar surface area (TPSA) is 556 Å². The number of nitrogens with zero attached hydrogens (tertiary/aromatic N) is 2. The first-order chi connectivity index (χ1) is 40.3. The zero-order valence-electron chi connectivity index (χ0n) is 49.3. The Morgan fingerprint density at radius 3 is 1.52 bits per heavy atom. The fourth-order valence-corrected chi connectivity index (χ4v) is 9.10. The van der Waals surface area contributed by atoms with Crippen LogP contribution in [0.5, 0.6) is 0 Å². The molecule has 1 aromatic rings. The maximum Gasteiger partial charge on any atom is 0.305 e. The van der Waals surface area contributed by atoms with Crippen LogP contribution in [0.25, 0.3) is 0 Å². The first kappa shape index (κ1) is 73.6. The first-order valence-corrected chi connectivity index (χ1v) is 28.4. The number of hydrogen-bond acceptors (Lipinski definition) is 17. The second-order valence-corrected chi connectivity index (χ2v) is 22.0. The number of carbonyl (C=O) groups is 13. The van der Waals surface area contributed by atoms with Crippen LogP contribution >= 0.6 is 0 Å². The molecule has 0 saturated carbocycles. The number of nitrogens with two attached hydrogens (primary N) is 7. The van der Waals surface area contributed by atoms with Gasteiger partial charge in [-0.25, -0.2) is 0 Å². The van der Waals surface area contributed by atoms with E-state index in [1.165, 1.54) is 6.92 Å². The fourth-order valence-electron chi connectivity index (χ4n) is 9.10. The van der Waals surface area contributed by atoms with Gasteiger partial charge in [0.15, 0.2) is 5.96 Å². The highest BCUT2D eigenvalue weighted by molar-refractivity contribution is 6.01. The summed E-state index contributed by atoms with van der Waals surface area (Å²) < 4.78 is 0. The molecule has 0 radical (unpaired) electrons. The number of rotatable bonds is 39. The van der Waals surface area contributed by atoms with Gasteiger partial charge in [0.2, 0.25) is 70.9 Å². The molecule has 0 unspecified atom stereocenters. The molecule has 86 heavy (non-hydrogen) atoms. The Labute approximate surface area is 498 Å². The van der Waals surface area contributed by atoms with Crippen LogP contribution in [0.1, 0.15) is 117 Å². The molecule has 0 aromatic heterocycles. The number of aliphatic imine (C=N–C) groups is 1. The average Bonchev–Trinajstić information content (AvgIpc) is 3.66. The van der Waals surface area contributed by atoms with E-state index >= 15 is 0 Å². The number of guanidine groups is 1. The van der Waals surface area contributed by atoms with E-state index in [2.05, 4.69) is 47.5 Å². The minimum atomic E-state index is -1.87. The van der Waals surface area contributed by atoms with Crippen LogP contribution in [-0.4, -0.2) is 184 Å². The molecular weight excluding hydrogens is 1130 g/mol. The molecule has 1 heterocycles. The molecule has 0 bridgehead atoms. The number of aliphatic hydroxyl groups is 1. The third kappa shape index (κ3) is 26.6. The number of amides is 12. The van der Waals surface area contributed by atoms with Crippen molar-refractivity contribution >= 4 is 82.8 Å². The van der Waals surface area contributed by atoms with E-state index in [1.54, 1.807) is 58.0 Å². The van der Waals surface area contributed by atoms with Crippen LogP contribution in [0.3, 0.4) is 0 Å². The van der Waals surface area contributed by atoms with Gasteiger partial charge in [-0.3, -0.25) is 67.3 Å². The number of likely N-dealkylation sites (tertiary alicyclic amines) is 1. The Bertz CT molecular complexity index is 2550. The molecule has 0 aliphatic carbocycles. The predicted molar refractivity (Wildman–Crippen MR) is 311 cm³/mol. The molecule has 1 aliphatic rings. The molecule has 1 aromatic carbocycles. The summed E-state index contributed by atoms with van der Waals surface area (Å²) in [7, 11) is 0. The SMILES string of the molecule is CC(C)C[C@H](NC(=O)[C@H](CC(C)C)NC(=O)[C@H](Cc1ccccc1)NC(=O)[C@@H](N)[C@@H](C)O)C(=O)N[C@@H](CCCN=C(N)N)C(=O)N[C@@H](CC(N)=O)C(=O)N1CCC[C@H]1C(=O)N[C@@H](CC(N)=O)C(=O)N[C@@H](CC(=O)O)C(=O)N[C@@H](CCCCN)C(N)=O. The maximum absolute atomic E-state index is 14.4. The number of benzene rings is 1. The van der Waals surface area contributed by atoms with Gasteiger partial charge < -0.3 is 97.8 Å². The minimum Gasteiger partial charge on any atom is -0.481 e. The van der Waals surface area contributed by atoms with Crippen LogP contribution in [0.4, 0.5) is 0 Å². The van der Waals surface area contributed by atoms with Crippen molar-refractivity contribution in [3.63, 3.8) is 0 Å². The lowest BCUT2D eigenvalue weighted by Gasteiger charge is -2.31. The van der Waals surface area contributed by atoms with Gasteiger partial charge in [0.1, 0.15) is 60.4 Å². The minimum absolute atomic E-state index is 0.0130. The lowest BCUT2D eigenvalue weighted by molar-refractivity contribution is -0.144. The molecule has 12 amide bonds. The van der Waals surface area contributed by atoms with E-state index in [-0.39, 0.29) is 88.8 Å². The van der Waals surface area contributed by atoms with Gasteiger partial charge in [0, 0.05) is 19.5 Å². The van der Waals surface area contributed by atoms with Crippen LogP contribution in [0, 0.1) is 11.8 Å². The van der Waals surface area contributed by atoms with E-state index in [0.717, 1.165) is 4.90 Å². The quantitative estimate of drug-likeness (QED) is 0.0166. The summed E-state index contributed by atoms with van der Waals surface area (Å²) in [4.78, 5) is 179. The van der Waals surface area contributed by atoms with Crippen molar-refractivity contribution in [2.75, 3.05) is 19.6 Å². The second-order valence-electron chi connectivity index (χ2n) is 22.0. The van der Waals surface area contributed by atoms with Crippen LogP contribution in [0.15, 0.2) is 35.3 Å². The molecular formula is C54H89N17O15. The van der Waals surface area contributed by atoms with Crippen molar-refractivity contribution in [3.8, 4) is 0 Å². The zero-order valence-corrected chi connectivity index (χ0v) is 49.3. The third-order valence-electron chi connectivity index (χ3n) is 13.5. The summed E-state index contributed by atoms with van der Waals surface area (Å²) in [6.07, 6.45) is -3.27. The Hall–Kier alpha value is -8.52. The van der Waals surface area contributed by atoms with Crippen LogP contribution in [-0.2, 0) is 68.7 Å². The predicted octanol–water partition coefficient (Wildman–Crippen LogP) is -6.21. The molecule has 2 rings (SSSR count). The van der Waals surface area contributed by atoms with Crippen molar-refractivity contribution in [1.29, 1.82) is 0 Å². The summed E-state index contributed by atoms with van der Waals surface area (Å²) in [5, 5.41) is 39.3. The maximum atomic E-state index is 14.4. The standard InChI is InChI=1S/C54H89N17O15/c1-27(2)21-33(65-47(80)34(22-28(3)4)66-48(81)35(23-30-13-7-6-8-14-30)69-52(85)43(58)29(5)72)46(79)64-32(16-11-19-62-54(60)61)45(78)70-38(25-41(57)74)53(86)71-20-12-17-39(71)51(84)68-36(24-40(56)73)49(82)67-37(26-42(75)76)50(83)63-31(44(59)77)15-9-10-18-55/h6-8,13-14,27-29,31-39,43,72H,9-12,15-26,55,58H2,1-5H3,(H2,56,73)(H2,57,74)(H2,59,77)(H,63,83)(H,64,79)(H,65,80)(H,66,81)(H,67,82)(H,68,84)(H,69,85)(H,70,78)(H,75,76)(H4,60,61,62)/t29-,31+,32+,33+,34+,35+,36+,37+,38+,39+,43+/m1/s1. The molecule has 1 saturated heterocycles. The van der Waals surface area contributed by atoms with E-state index in [4.69, 9.17) is 40.1 Å². The molecule has 32 nitrogen and oxygen atoms in total. The number of carboxylic acids is 1. The second kappa shape index (κ2) is 37.0. The summed E-state index contributed by atoms with van der Waals surface area (Å²) in [6, 6.07) is -6.49. The van der Waals surface area contributed by atoms with Gasteiger partial charge in [-0.2, -0.15) is 0 Å². The number of aliphatic hydroxyl groups excluding tert-OH is 1. The largest absolute Gasteiger partial charge is 0.481 e. The molecule has 24 N–H and O–H groups in total. The summed E-state index contributed by atoms with van der Waals surface area (Å²) in [5.41, 5.74) is 39.5. The van der Waals surface area contributed by atoms with Gasteiger partial charge >= 0.3 is 5.97 Å². The van der Waals surface area contributed by atoms with Gasteiger partial charge in [-0.1, -0.05) is 58.0 Å². The smallest absolute Gasteiger partial charge is 0.305 e. The highest BCUT2D eigenvalue weighted by Crippen LogP contribution is 2.21. The summed E-state index contributed by atoms with van der Waals surface area (Å²) in [6.45, 7) is 8.43. The molecule has 480 valence electrons. The normalized spacial score (nSPS) is 16.4. The highest BCUT2D eigenvalue weighted by Gasteiger charge is 2.41. The van der Waals surface area contributed by atoms with E-state index in [0.29, 0.717) is 18.4 Å². The highest BCUT2D eigenvalue weighted by atomic mass is 16.4. The molecule has 32 heteroatoms. The number of primary amides is 3. The van der Waals surface area contributed by atoms with Crippen LogP contribution in [0.2, 0.25) is 0 Å². The van der Waals surface area contributed by atoms with E-state index < -0.39 is 163 Å². The van der Waals surface area contributed by atoms with Gasteiger partial charge in [0.05, 0.1) is 25.4 Å². The van der Waals surface area contributed by atoms with Crippen molar-refractivity contribution in [2.24, 2.45) is 57.0 Å². The van der Waals surface area contributed by atoms with Crippen molar-refractivity contribution in [3.05, 3.63) is 35.9 Å². The van der Waals surface area contributed by atoms with Crippen molar-refractivity contribution in [2.45, 2.75) is 185 Å². The summed E-state index contributed by atoms with van der Waals surface area (Å²) in [5.74, 6) is -14.4. The number of carbonyl (C=O) groups excluding carboxylic acids is 12. The van der Waals surface area contributed by atoms with E-state index in [1.807, 2.05) is 0 Å². The van der Waals surface area contributed by atoms with Gasteiger partial charge in [-0.15, -0.1) is 0 Å². The molecule has 1 aliphatic heterocycles. The number of carboxylic acid groups (broad SMARTS) is 1. The Morgan fingerprint density at radius 2 is 1.02 bits per heavy atom. The fraction of sp³-hybridized carbons (Fsp3) is 0.630. The van der Waals surface area contributed by atoms with Crippen LogP contribution < -0.4 is 82.7 Å². The van der Waals surface area contributed by atoms with E-state index in [9.17, 15) is 72.5 Å². The lowest BCUT2D eigenvalue weighted by Crippen LogP contribution is -2.61. The molecule has 11 atom stereocenters. The Balaban J connectivity index is 2.47. The zero-order chi connectivity index (χ0) is 65.0. The molecule has 0 spiro atoms. The number of unbranched alkanes of at least 4 members (excludes halogenated alkanes) is 1. The van der Waals surface area contributed by atoms with Crippen molar-refractivity contribution < 1.29 is 72.5 Å². The third-order valence-corrected chi connectivity index (χ3v) is 13.5. The Kier molecular flexibility index (Phi) is 31.7. The van der Waals surface area contributed by atoms with Gasteiger partial charge in [0.25, 0.3) is 0 Å². The lowest BCUT2D eigenvalue weighted by atomic mass is 9.98. The monoisotopic (exact) mass is 1220 g/mol. The number of aliphatic carboxylic acids is 1. The number of hydrogen-bond donors (Lipinski definition) is 17.